The van der Waals surface area contributed by atoms with Crippen LogP contribution in [0.2, 0.25) is 0 Å². The maximum Gasteiger partial charge on any atom is 0.227 e. The number of sulfone groups is 1. The molecule has 0 radical (unpaired) electrons. The highest BCUT2D eigenvalue weighted by atomic mass is 32.2. The van der Waals surface area contributed by atoms with Crippen LogP contribution in [0.3, 0.4) is 0 Å². The molecule has 4 atom stereocenters. The van der Waals surface area contributed by atoms with E-state index >= 15 is 0 Å². The second-order valence-corrected chi connectivity index (χ2v) is 13.6. The molecule has 10 nitrogen and oxygen atoms in total. The molecule has 4 heterocycles. The highest BCUT2D eigenvalue weighted by Gasteiger charge is 2.38. The molecule has 0 aliphatic carbocycles. The predicted octanol–water partition coefficient (Wildman–Crippen LogP) is 3.69. The summed E-state index contributed by atoms with van der Waals surface area (Å²) in [6.45, 7) is 7.75. The zero-order chi connectivity index (χ0) is 29.3. The van der Waals surface area contributed by atoms with E-state index in [1.807, 2.05) is 12.3 Å². The van der Waals surface area contributed by atoms with Crippen LogP contribution in [0.15, 0.2) is 36.7 Å². The Morgan fingerprint density at radius 3 is 2.66 bits per heavy atom. The lowest BCUT2D eigenvalue weighted by Gasteiger charge is -2.48. The van der Waals surface area contributed by atoms with Crippen molar-refractivity contribution in [3.05, 3.63) is 42.2 Å². The van der Waals surface area contributed by atoms with Gasteiger partial charge in [0.1, 0.15) is 27.6 Å². The van der Waals surface area contributed by atoms with Crippen LogP contribution in [-0.2, 0) is 14.6 Å². The fourth-order valence-electron chi connectivity index (χ4n) is 5.81. The molecule has 3 aromatic rings. The van der Waals surface area contributed by atoms with Crippen LogP contribution < -0.4 is 15.1 Å². The average molecular weight is 587 g/mol. The standard InChI is InChI=1S/C29H39FN6O4S/c1-18(2)21-5-6-25(36-15-20(19(36)3)17-41(4,38)39)23-14-32-28(13-22(21)23)33-27-7-9-31-29(34-27)35-10-8-26(24(30)16-35)40-12-11-37/h5-7,9,13-14,18-20,24,26,37H,8,10-12,15-17H2,1-4H3,(H,31,32,33,34)/t19-,20-,24+,26-/m1/s1. The number of piperidine rings is 1. The minimum Gasteiger partial charge on any atom is -0.394 e. The Hall–Kier alpha value is -3.09. The second kappa shape index (κ2) is 12.0. The Morgan fingerprint density at radius 1 is 1.17 bits per heavy atom. The van der Waals surface area contributed by atoms with Gasteiger partial charge in [0, 0.05) is 54.8 Å². The lowest BCUT2D eigenvalue weighted by molar-refractivity contribution is -0.0262. The molecule has 1 aromatic carbocycles. The van der Waals surface area contributed by atoms with Gasteiger partial charge in [0.2, 0.25) is 5.95 Å². The third-order valence-corrected chi connectivity index (χ3v) is 9.09. The molecule has 12 heteroatoms. The minimum absolute atomic E-state index is 0.109. The maximum atomic E-state index is 14.7. The van der Waals surface area contributed by atoms with Crippen molar-refractivity contribution < 1.29 is 22.7 Å². The van der Waals surface area contributed by atoms with Crippen LogP contribution in [0.5, 0.6) is 0 Å². The molecule has 2 aliphatic rings. The Labute approximate surface area is 240 Å². The van der Waals surface area contributed by atoms with E-state index in [-0.39, 0.29) is 43.4 Å². The van der Waals surface area contributed by atoms with Crippen molar-refractivity contribution in [1.29, 1.82) is 0 Å². The molecule has 222 valence electrons. The summed E-state index contributed by atoms with van der Waals surface area (Å²) >= 11 is 0. The zero-order valence-corrected chi connectivity index (χ0v) is 24.8. The number of halogens is 1. The Morgan fingerprint density at radius 2 is 1.98 bits per heavy atom. The summed E-state index contributed by atoms with van der Waals surface area (Å²) in [5, 5.41) is 14.4. The number of anilines is 4. The van der Waals surface area contributed by atoms with Gasteiger partial charge < -0.3 is 25.0 Å². The van der Waals surface area contributed by atoms with E-state index in [2.05, 4.69) is 53.1 Å². The number of pyridine rings is 1. The first kappa shape index (κ1) is 29.4. The zero-order valence-electron chi connectivity index (χ0n) is 24.0. The first-order chi connectivity index (χ1) is 19.5. The Balaban J connectivity index is 1.36. The van der Waals surface area contributed by atoms with E-state index in [0.29, 0.717) is 37.1 Å². The topological polar surface area (TPSA) is 121 Å². The number of rotatable bonds is 10. The van der Waals surface area contributed by atoms with Crippen LogP contribution in [0.25, 0.3) is 10.8 Å². The normalized spacial score (nSPS) is 23.2. The molecule has 5 rings (SSSR count). The Kier molecular flexibility index (Phi) is 8.62. The van der Waals surface area contributed by atoms with E-state index in [1.165, 1.54) is 11.8 Å². The van der Waals surface area contributed by atoms with Gasteiger partial charge in [-0.25, -0.2) is 22.8 Å². The van der Waals surface area contributed by atoms with Crippen molar-refractivity contribution >= 4 is 43.9 Å². The van der Waals surface area contributed by atoms with Gasteiger partial charge in [0.25, 0.3) is 0 Å². The molecule has 0 spiro atoms. The number of ether oxygens (including phenoxy) is 1. The van der Waals surface area contributed by atoms with Gasteiger partial charge in [-0.2, -0.15) is 4.98 Å². The largest absolute Gasteiger partial charge is 0.394 e. The van der Waals surface area contributed by atoms with Crippen molar-refractivity contribution in [3.63, 3.8) is 0 Å². The molecule has 2 fully saturated rings. The van der Waals surface area contributed by atoms with E-state index in [0.717, 1.165) is 16.5 Å². The van der Waals surface area contributed by atoms with Crippen LogP contribution in [0, 0.1) is 5.92 Å². The number of aromatic nitrogens is 3. The third-order valence-electron chi connectivity index (χ3n) is 8.05. The van der Waals surface area contributed by atoms with Crippen molar-refractivity contribution in [1.82, 2.24) is 15.0 Å². The van der Waals surface area contributed by atoms with Crippen molar-refractivity contribution in [3.8, 4) is 0 Å². The van der Waals surface area contributed by atoms with Crippen LogP contribution in [0.1, 0.15) is 38.7 Å². The number of aliphatic hydroxyl groups excluding tert-OH is 1. The molecule has 0 unspecified atom stereocenters. The molecule has 2 saturated heterocycles. The molecule has 0 bridgehead atoms. The fraction of sp³-hybridized carbons (Fsp3) is 0.552. The number of nitrogens with zero attached hydrogens (tertiary/aromatic N) is 5. The highest BCUT2D eigenvalue weighted by molar-refractivity contribution is 7.90. The summed E-state index contributed by atoms with van der Waals surface area (Å²) in [5.74, 6) is 2.21. The number of alkyl halides is 1. The number of nitrogens with one attached hydrogen (secondary N) is 1. The highest BCUT2D eigenvalue weighted by Crippen LogP contribution is 2.39. The number of hydrogen-bond donors (Lipinski definition) is 2. The summed E-state index contributed by atoms with van der Waals surface area (Å²) < 4.78 is 43.8. The van der Waals surface area contributed by atoms with Gasteiger partial charge in [-0.15, -0.1) is 0 Å². The molecular weight excluding hydrogens is 547 g/mol. The Bertz CT molecular complexity index is 1490. The third kappa shape index (κ3) is 6.54. The van der Waals surface area contributed by atoms with E-state index in [4.69, 9.17) is 14.8 Å². The minimum atomic E-state index is -3.03. The van der Waals surface area contributed by atoms with Gasteiger partial charge in [-0.1, -0.05) is 19.9 Å². The summed E-state index contributed by atoms with van der Waals surface area (Å²) in [6, 6.07) is 8.16. The average Bonchev–Trinajstić information content (AvgIpc) is 2.93. The summed E-state index contributed by atoms with van der Waals surface area (Å²) in [7, 11) is -3.03. The van der Waals surface area contributed by atoms with E-state index in [9.17, 15) is 12.8 Å². The molecule has 41 heavy (non-hydrogen) atoms. The van der Waals surface area contributed by atoms with Gasteiger partial charge in [-0.3, -0.25) is 0 Å². The first-order valence-electron chi connectivity index (χ1n) is 14.1. The quantitative estimate of drug-likeness (QED) is 0.364. The van der Waals surface area contributed by atoms with Crippen molar-refractivity contribution in [2.45, 2.75) is 51.4 Å². The second-order valence-electron chi connectivity index (χ2n) is 11.4. The molecule has 2 aromatic heterocycles. The van der Waals surface area contributed by atoms with Crippen molar-refractivity contribution in [2.75, 3.05) is 60.0 Å². The van der Waals surface area contributed by atoms with Gasteiger partial charge in [0.05, 0.1) is 31.6 Å². The lowest BCUT2D eigenvalue weighted by atomic mass is 9.88. The van der Waals surface area contributed by atoms with Crippen LogP contribution in [-0.4, -0.2) is 91.7 Å². The van der Waals surface area contributed by atoms with E-state index in [1.54, 1.807) is 17.2 Å². The van der Waals surface area contributed by atoms with Gasteiger partial charge in [-0.05, 0) is 48.4 Å². The van der Waals surface area contributed by atoms with Gasteiger partial charge in [0.15, 0.2) is 0 Å². The summed E-state index contributed by atoms with van der Waals surface area (Å²) in [4.78, 5) is 17.7. The van der Waals surface area contributed by atoms with Crippen LogP contribution in [0.4, 0.5) is 27.7 Å². The lowest BCUT2D eigenvalue weighted by Crippen LogP contribution is -2.57. The summed E-state index contributed by atoms with van der Waals surface area (Å²) in [5.41, 5.74) is 2.25. The smallest absolute Gasteiger partial charge is 0.227 e. The maximum absolute atomic E-state index is 14.7. The summed E-state index contributed by atoms with van der Waals surface area (Å²) in [6.07, 6.45) is 3.55. The van der Waals surface area contributed by atoms with Gasteiger partial charge >= 0.3 is 0 Å². The number of benzene rings is 1. The first-order valence-corrected chi connectivity index (χ1v) is 16.2. The van der Waals surface area contributed by atoms with Crippen LogP contribution >= 0.6 is 0 Å². The molecular formula is C29H39FN6O4S. The SMILES string of the molecule is CC(C)c1ccc(N2C[C@H](CS(C)(=O)=O)[C@H]2C)c2cnc(Nc3ccnc(N4CC[C@@H](OCCO)[C@@H](F)C4)n3)cc12. The molecule has 2 N–H and O–H groups in total. The molecule has 2 aliphatic heterocycles. The number of hydrogen-bond acceptors (Lipinski definition) is 10. The molecule has 0 saturated carbocycles. The van der Waals surface area contributed by atoms with Crippen molar-refractivity contribution in [2.24, 2.45) is 5.92 Å². The number of aliphatic hydroxyl groups is 1. The molecule has 0 amide bonds. The monoisotopic (exact) mass is 586 g/mol. The predicted molar refractivity (Wildman–Crippen MR) is 160 cm³/mol. The van der Waals surface area contributed by atoms with E-state index < -0.39 is 22.1 Å². The number of fused-ring (bicyclic) bond motifs is 1. The fourth-order valence-corrected chi connectivity index (χ4v) is 6.98.